The molecule has 0 radical (unpaired) electrons. The molecular weight excluding hydrogens is 680 g/mol. The number of fused-ring (bicyclic) bond motifs is 2. The third-order valence-electron chi connectivity index (χ3n) is 9.74. The Balaban J connectivity index is 1.39. The van der Waals surface area contributed by atoms with Crippen molar-refractivity contribution in [3.63, 3.8) is 0 Å². The minimum absolute atomic E-state index is 0.0505. The molecule has 48 heavy (non-hydrogen) atoms. The first-order valence-corrected chi connectivity index (χ1v) is 17.2. The van der Waals surface area contributed by atoms with Gasteiger partial charge < -0.3 is 29.3 Å². The molecule has 0 saturated carbocycles. The lowest BCUT2D eigenvalue weighted by Gasteiger charge is -2.39. The van der Waals surface area contributed by atoms with Crippen molar-refractivity contribution in [1.82, 2.24) is 24.8 Å². The molecule has 6 rings (SSSR count). The molecular formula is C35H41BrN6O6. The van der Waals surface area contributed by atoms with E-state index in [9.17, 15) is 19.5 Å². The number of rotatable bonds is 14. The molecule has 254 valence electrons. The van der Waals surface area contributed by atoms with Crippen LogP contribution in [0.5, 0.6) is 5.75 Å². The van der Waals surface area contributed by atoms with E-state index in [4.69, 9.17) is 9.47 Å². The van der Waals surface area contributed by atoms with E-state index < -0.39 is 35.6 Å². The Bertz CT molecular complexity index is 1690. The van der Waals surface area contributed by atoms with E-state index in [2.05, 4.69) is 39.4 Å². The fraction of sp³-hybridized carbons (Fsp3) is 0.457. The molecule has 13 heteroatoms. The average molecular weight is 722 g/mol. The standard InChI is InChI=1S/C35H41BrN6O6/c1-5-17-39(21-41-27-12-10-9-11-26(27)37-38-41)34(46)31-35-19-25(36)30(48-35)28(29(35)33(45)42(31)22(7-3)20-43)32(44)40(18-6-2)23-13-15-24(16-14-23)47-8-4/h5-6,9-16,22,25,28-31,43H,1-2,7-8,17-21H2,3-4H3/t22-,25?,28+,29-,30+,31?,35?/m0/s1. The highest BCUT2D eigenvalue weighted by atomic mass is 79.9. The summed E-state index contributed by atoms with van der Waals surface area (Å²) in [6, 6.07) is 12.9. The van der Waals surface area contributed by atoms with Crippen molar-refractivity contribution >= 4 is 50.4 Å². The Morgan fingerprint density at radius 3 is 2.54 bits per heavy atom. The van der Waals surface area contributed by atoms with Crippen LogP contribution in [-0.4, -0.2) is 103 Å². The van der Waals surface area contributed by atoms with Gasteiger partial charge in [-0.05, 0) is 56.2 Å². The number of carbonyl (C=O) groups is 3. The SMILES string of the molecule is C=CCN(Cn1nnc2ccccc21)C(=O)C1N([C@@H](CC)CO)C(=O)[C@@H]2[C@@H](C(=O)N(CC=C)c3ccc(OCC)cc3)[C@@H]3OC12CC3Br. The number of amides is 3. The predicted octanol–water partition coefficient (Wildman–Crippen LogP) is 3.54. The summed E-state index contributed by atoms with van der Waals surface area (Å²) in [5.74, 6) is -2.19. The van der Waals surface area contributed by atoms with Gasteiger partial charge in [0.2, 0.25) is 17.7 Å². The molecule has 2 bridgehead atoms. The summed E-state index contributed by atoms with van der Waals surface area (Å²) in [7, 11) is 0. The second kappa shape index (κ2) is 13.8. The summed E-state index contributed by atoms with van der Waals surface area (Å²) in [4.78, 5) is 48.5. The zero-order valence-corrected chi connectivity index (χ0v) is 28.7. The average Bonchev–Trinajstić information content (AvgIpc) is 3.81. The van der Waals surface area contributed by atoms with Crippen LogP contribution in [0.15, 0.2) is 73.8 Å². The van der Waals surface area contributed by atoms with Crippen LogP contribution in [0.25, 0.3) is 11.0 Å². The van der Waals surface area contributed by atoms with Gasteiger partial charge in [-0.25, -0.2) is 4.68 Å². The van der Waals surface area contributed by atoms with Gasteiger partial charge in [0.1, 0.15) is 29.6 Å². The van der Waals surface area contributed by atoms with Gasteiger partial charge in [0, 0.05) is 23.6 Å². The second-order valence-corrected chi connectivity index (χ2v) is 13.6. The van der Waals surface area contributed by atoms with Crippen molar-refractivity contribution in [1.29, 1.82) is 0 Å². The summed E-state index contributed by atoms with van der Waals surface area (Å²) < 4.78 is 14.0. The van der Waals surface area contributed by atoms with Gasteiger partial charge in [-0.1, -0.05) is 52.4 Å². The number of hydrogen-bond acceptors (Lipinski definition) is 8. The smallest absolute Gasteiger partial charge is 0.250 e. The molecule has 3 fully saturated rings. The number of nitrogens with zero attached hydrogens (tertiary/aromatic N) is 6. The molecule has 2 aromatic carbocycles. The summed E-state index contributed by atoms with van der Waals surface area (Å²) >= 11 is 3.76. The van der Waals surface area contributed by atoms with Gasteiger partial charge in [-0.2, -0.15) is 0 Å². The number of hydrogen-bond donors (Lipinski definition) is 1. The van der Waals surface area contributed by atoms with Crippen LogP contribution >= 0.6 is 15.9 Å². The number of anilines is 1. The van der Waals surface area contributed by atoms with E-state index >= 15 is 0 Å². The third-order valence-corrected chi connectivity index (χ3v) is 10.6. The van der Waals surface area contributed by atoms with Crippen molar-refractivity contribution in [2.45, 2.75) is 62.0 Å². The van der Waals surface area contributed by atoms with Crippen LogP contribution < -0.4 is 9.64 Å². The number of aromatic nitrogens is 3. The molecule has 1 spiro atoms. The summed E-state index contributed by atoms with van der Waals surface area (Å²) in [6.45, 7) is 12.1. The van der Waals surface area contributed by atoms with Crippen molar-refractivity contribution in [2.24, 2.45) is 11.8 Å². The zero-order chi connectivity index (χ0) is 34.2. The Morgan fingerprint density at radius 2 is 1.88 bits per heavy atom. The van der Waals surface area contributed by atoms with E-state index in [0.717, 1.165) is 5.52 Å². The first-order valence-electron chi connectivity index (χ1n) is 16.3. The number of alkyl halides is 1. The molecule has 12 nitrogen and oxygen atoms in total. The summed E-state index contributed by atoms with van der Waals surface area (Å²) in [6.07, 6.45) is 3.34. The quantitative estimate of drug-likeness (QED) is 0.198. The summed E-state index contributed by atoms with van der Waals surface area (Å²) in [5, 5.41) is 19.0. The largest absolute Gasteiger partial charge is 0.494 e. The number of likely N-dealkylation sites (tertiary alicyclic amines) is 1. The number of carbonyl (C=O) groups excluding carboxylic acids is 3. The van der Waals surface area contributed by atoms with E-state index in [0.29, 0.717) is 36.4 Å². The van der Waals surface area contributed by atoms with E-state index in [1.54, 1.807) is 50.9 Å². The monoisotopic (exact) mass is 720 g/mol. The maximum Gasteiger partial charge on any atom is 0.250 e. The van der Waals surface area contributed by atoms with Crippen molar-refractivity contribution < 1.29 is 29.0 Å². The first-order chi connectivity index (χ1) is 23.2. The number of aliphatic hydroxyl groups excluding tert-OH is 1. The molecule has 3 aromatic rings. The van der Waals surface area contributed by atoms with E-state index in [-0.39, 0.29) is 48.9 Å². The Morgan fingerprint density at radius 1 is 1.15 bits per heavy atom. The van der Waals surface area contributed by atoms with Crippen molar-refractivity contribution in [3.05, 3.63) is 73.8 Å². The number of benzene rings is 2. The maximum atomic E-state index is 14.9. The molecule has 1 N–H and O–H groups in total. The van der Waals surface area contributed by atoms with Gasteiger partial charge in [0.15, 0.2) is 0 Å². The Labute approximate surface area is 288 Å². The lowest BCUT2D eigenvalue weighted by atomic mass is 9.70. The highest BCUT2D eigenvalue weighted by Gasteiger charge is 2.77. The minimum Gasteiger partial charge on any atom is -0.494 e. The third kappa shape index (κ3) is 5.51. The maximum absolute atomic E-state index is 14.9. The predicted molar refractivity (Wildman–Crippen MR) is 183 cm³/mol. The van der Waals surface area contributed by atoms with Gasteiger partial charge in [-0.3, -0.25) is 14.4 Å². The van der Waals surface area contributed by atoms with Gasteiger partial charge in [0.25, 0.3) is 0 Å². The van der Waals surface area contributed by atoms with E-state index in [1.807, 2.05) is 38.1 Å². The van der Waals surface area contributed by atoms with Crippen LogP contribution in [0.2, 0.25) is 0 Å². The first kappa shape index (κ1) is 33.8. The van der Waals surface area contributed by atoms with Crippen LogP contribution in [0, 0.1) is 11.8 Å². The molecule has 7 atom stereocenters. The number of halogens is 1. The van der Waals surface area contributed by atoms with Gasteiger partial charge in [-0.15, -0.1) is 18.3 Å². The summed E-state index contributed by atoms with van der Waals surface area (Å²) in [5.41, 5.74) is 0.750. The molecule has 3 saturated heterocycles. The van der Waals surface area contributed by atoms with Crippen LogP contribution in [0.1, 0.15) is 26.7 Å². The van der Waals surface area contributed by atoms with Crippen LogP contribution in [0.3, 0.4) is 0 Å². The number of ether oxygens (including phenoxy) is 2. The fourth-order valence-electron chi connectivity index (χ4n) is 7.69. The van der Waals surface area contributed by atoms with Crippen LogP contribution in [-0.2, 0) is 25.8 Å². The Kier molecular flexibility index (Phi) is 9.73. The fourth-order valence-corrected chi connectivity index (χ4v) is 8.63. The van der Waals surface area contributed by atoms with Gasteiger partial charge in [0.05, 0.1) is 42.7 Å². The Hall–Kier alpha value is -4.07. The van der Waals surface area contributed by atoms with Crippen LogP contribution in [0.4, 0.5) is 5.69 Å². The number of aliphatic hydroxyl groups is 1. The minimum atomic E-state index is -1.31. The lowest BCUT2D eigenvalue weighted by molar-refractivity contribution is -0.152. The molecule has 3 unspecified atom stereocenters. The van der Waals surface area contributed by atoms with Crippen molar-refractivity contribution in [2.75, 3.05) is 31.2 Å². The molecule has 0 aliphatic carbocycles. The molecule has 3 aliphatic rings. The lowest BCUT2D eigenvalue weighted by Crippen LogP contribution is -2.59. The molecule has 3 aliphatic heterocycles. The highest BCUT2D eigenvalue weighted by Crippen LogP contribution is 2.61. The molecule has 1 aromatic heterocycles. The van der Waals surface area contributed by atoms with Crippen molar-refractivity contribution in [3.8, 4) is 5.75 Å². The number of para-hydroxylation sites is 1. The second-order valence-electron chi connectivity index (χ2n) is 12.4. The molecule has 3 amide bonds. The van der Waals surface area contributed by atoms with E-state index in [1.165, 1.54) is 4.90 Å². The topological polar surface area (TPSA) is 130 Å². The zero-order valence-electron chi connectivity index (χ0n) is 27.2. The normalized spacial score (nSPS) is 26.4. The van der Waals surface area contributed by atoms with Gasteiger partial charge >= 0.3 is 0 Å². The highest BCUT2D eigenvalue weighted by molar-refractivity contribution is 9.09. The molecule has 4 heterocycles.